The van der Waals surface area contributed by atoms with Gasteiger partial charge in [0, 0.05) is 6.61 Å². The Bertz CT molecular complexity index is 292. The average Bonchev–Trinajstić information content (AvgIpc) is 2.11. The second-order valence-electron chi connectivity index (χ2n) is 3.26. The molecule has 1 rings (SSSR count). The fourth-order valence-corrected chi connectivity index (χ4v) is 1.51. The van der Waals surface area contributed by atoms with Crippen molar-refractivity contribution in [2.45, 2.75) is 26.7 Å². The minimum Gasteiger partial charge on any atom is -0.507 e. The summed E-state index contributed by atoms with van der Waals surface area (Å²) < 4.78 is 0. The maximum Gasteiger partial charge on any atom is 0.122 e. The Labute approximate surface area is 78.8 Å². The van der Waals surface area contributed by atoms with Gasteiger partial charge in [-0.3, -0.25) is 0 Å². The molecule has 72 valence electrons. The van der Waals surface area contributed by atoms with E-state index in [1.807, 2.05) is 26.0 Å². The van der Waals surface area contributed by atoms with E-state index in [9.17, 15) is 5.11 Å². The molecule has 0 aliphatic rings. The standard InChI is InChI=1S/C11H16O2/c1-3-9-6-8(2)7-10(4-5-12)11(9)13/h6-7,12-13H,3-5H2,1-2H3. The van der Waals surface area contributed by atoms with Gasteiger partial charge in [-0.15, -0.1) is 0 Å². The molecule has 0 unspecified atom stereocenters. The Kier molecular flexibility index (Phi) is 3.32. The summed E-state index contributed by atoms with van der Waals surface area (Å²) in [4.78, 5) is 0. The van der Waals surface area contributed by atoms with Crippen molar-refractivity contribution in [3.63, 3.8) is 0 Å². The van der Waals surface area contributed by atoms with Crippen molar-refractivity contribution in [2.24, 2.45) is 0 Å². The topological polar surface area (TPSA) is 40.5 Å². The zero-order valence-electron chi connectivity index (χ0n) is 8.17. The molecule has 0 atom stereocenters. The Hall–Kier alpha value is -1.02. The highest BCUT2D eigenvalue weighted by molar-refractivity contribution is 5.43. The molecule has 13 heavy (non-hydrogen) atoms. The van der Waals surface area contributed by atoms with E-state index in [-0.39, 0.29) is 6.61 Å². The van der Waals surface area contributed by atoms with E-state index in [1.165, 1.54) is 0 Å². The molecule has 1 aromatic carbocycles. The van der Waals surface area contributed by atoms with Crippen LogP contribution in [0.3, 0.4) is 0 Å². The molecule has 0 saturated carbocycles. The SMILES string of the molecule is CCc1cc(C)cc(CCO)c1O. The highest BCUT2D eigenvalue weighted by atomic mass is 16.3. The summed E-state index contributed by atoms with van der Waals surface area (Å²) in [7, 11) is 0. The van der Waals surface area contributed by atoms with Gasteiger partial charge in [-0.05, 0) is 30.9 Å². The lowest BCUT2D eigenvalue weighted by Crippen LogP contribution is -1.95. The van der Waals surface area contributed by atoms with Crippen molar-refractivity contribution in [1.29, 1.82) is 0 Å². The second-order valence-corrected chi connectivity index (χ2v) is 3.26. The van der Waals surface area contributed by atoms with E-state index in [1.54, 1.807) is 0 Å². The largest absolute Gasteiger partial charge is 0.507 e. The van der Waals surface area contributed by atoms with E-state index in [4.69, 9.17) is 5.11 Å². The number of phenolic OH excluding ortho intramolecular Hbond substituents is 1. The van der Waals surface area contributed by atoms with Crippen LogP contribution in [0.2, 0.25) is 0 Å². The highest BCUT2D eigenvalue weighted by Gasteiger charge is 2.06. The Morgan fingerprint density at radius 2 is 1.85 bits per heavy atom. The van der Waals surface area contributed by atoms with Crippen LogP contribution in [-0.4, -0.2) is 16.8 Å². The van der Waals surface area contributed by atoms with E-state index < -0.39 is 0 Å². The maximum atomic E-state index is 9.73. The minimum atomic E-state index is 0.0835. The molecule has 0 fully saturated rings. The molecule has 2 nitrogen and oxygen atoms in total. The first kappa shape index (κ1) is 10.1. The third kappa shape index (κ3) is 2.22. The Balaban J connectivity index is 3.11. The van der Waals surface area contributed by atoms with Gasteiger partial charge in [0.1, 0.15) is 5.75 Å². The van der Waals surface area contributed by atoms with E-state index in [0.717, 1.165) is 23.1 Å². The van der Waals surface area contributed by atoms with Crippen LogP contribution >= 0.6 is 0 Å². The van der Waals surface area contributed by atoms with Crippen molar-refractivity contribution in [3.8, 4) is 5.75 Å². The van der Waals surface area contributed by atoms with Crippen LogP contribution in [0.25, 0.3) is 0 Å². The second kappa shape index (κ2) is 4.28. The van der Waals surface area contributed by atoms with Gasteiger partial charge in [-0.25, -0.2) is 0 Å². The first-order valence-electron chi connectivity index (χ1n) is 4.61. The highest BCUT2D eigenvalue weighted by Crippen LogP contribution is 2.25. The number of hydrogen-bond acceptors (Lipinski definition) is 2. The number of hydrogen-bond donors (Lipinski definition) is 2. The van der Waals surface area contributed by atoms with Gasteiger partial charge in [0.15, 0.2) is 0 Å². The van der Waals surface area contributed by atoms with Crippen LogP contribution in [-0.2, 0) is 12.8 Å². The molecule has 1 aromatic rings. The average molecular weight is 180 g/mol. The summed E-state index contributed by atoms with van der Waals surface area (Å²) >= 11 is 0. The summed E-state index contributed by atoms with van der Waals surface area (Å²) in [5, 5.41) is 18.5. The van der Waals surface area contributed by atoms with Crippen molar-refractivity contribution < 1.29 is 10.2 Å². The van der Waals surface area contributed by atoms with Crippen LogP contribution < -0.4 is 0 Å². The molecule has 0 radical (unpaired) electrons. The first-order valence-corrected chi connectivity index (χ1v) is 4.61. The zero-order chi connectivity index (χ0) is 9.84. The molecule has 0 bridgehead atoms. The number of benzene rings is 1. The van der Waals surface area contributed by atoms with Gasteiger partial charge in [-0.2, -0.15) is 0 Å². The van der Waals surface area contributed by atoms with Gasteiger partial charge < -0.3 is 10.2 Å². The van der Waals surface area contributed by atoms with Crippen LogP contribution in [0.5, 0.6) is 5.75 Å². The quantitative estimate of drug-likeness (QED) is 0.744. The molecule has 0 aliphatic carbocycles. The third-order valence-corrected chi connectivity index (χ3v) is 2.17. The normalized spacial score (nSPS) is 10.4. The van der Waals surface area contributed by atoms with E-state index >= 15 is 0 Å². The predicted molar refractivity (Wildman–Crippen MR) is 53.0 cm³/mol. The molecular weight excluding hydrogens is 164 g/mol. The van der Waals surface area contributed by atoms with Gasteiger partial charge in [0.05, 0.1) is 0 Å². The molecule has 0 saturated heterocycles. The van der Waals surface area contributed by atoms with Crippen LogP contribution in [0.15, 0.2) is 12.1 Å². The number of phenols is 1. The summed E-state index contributed by atoms with van der Waals surface area (Å²) in [6.07, 6.45) is 1.35. The molecule has 0 spiro atoms. The first-order chi connectivity index (χ1) is 6.19. The summed E-state index contributed by atoms with van der Waals surface area (Å²) in [6, 6.07) is 3.90. The summed E-state index contributed by atoms with van der Waals surface area (Å²) in [5.74, 6) is 0.349. The lowest BCUT2D eigenvalue weighted by atomic mass is 10.0. The summed E-state index contributed by atoms with van der Waals surface area (Å²) in [5.41, 5.74) is 2.95. The van der Waals surface area contributed by atoms with Crippen molar-refractivity contribution >= 4 is 0 Å². The number of aryl methyl sites for hydroxylation is 2. The molecule has 2 heteroatoms. The van der Waals surface area contributed by atoms with Crippen molar-refractivity contribution in [2.75, 3.05) is 6.61 Å². The molecule has 0 amide bonds. The molecule has 0 aliphatic heterocycles. The Morgan fingerprint density at radius 1 is 1.23 bits per heavy atom. The van der Waals surface area contributed by atoms with Crippen LogP contribution in [0.1, 0.15) is 23.6 Å². The van der Waals surface area contributed by atoms with Gasteiger partial charge >= 0.3 is 0 Å². The monoisotopic (exact) mass is 180 g/mol. The predicted octanol–water partition coefficient (Wildman–Crippen LogP) is 1.80. The number of aliphatic hydroxyl groups is 1. The van der Waals surface area contributed by atoms with Crippen LogP contribution in [0, 0.1) is 6.92 Å². The van der Waals surface area contributed by atoms with E-state index in [2.05, 4.69) is 0 Å². The minimum absolute atomic E-state index is 0.0835. The van der Waals surface area contributed by atoms with Crippen molar-refractivity contribution in [3.05, 3.63) is 28.8 Å². The fraction of sp³-hybridized carbons (Fsp3) is 0.455. The maximum absolute atomic E-state index is 9.73. The molecule has 0 heterocycles. The van der Waals surface area contributed by atoms with Crippen molar-refractivity contribution in [1.82, 2.24) is 0 Å². The smallest absolute Gasteiger partial charge is 0.122 e. The number of aromatic hydroxyl groups is 1. The van der Waals surface area contributed by atoms with E-state index in [0.29, 0.717) is 12.2 Å². The number of rotatable bonds is 3. The number of aliphatic hydroxyl groups excluding tert-OH is 1. The molecular formula is C11H16O2. The van der Waals surface area contributed by atoms with Crippen LogP contribution in [0.4, 0.5) is 0 Å². The summed E-state index contributed by atoms with van der Waals surface area (Å²) in [6.45, 7) is 4.09. The van der Waals surface area contributed by atoms with Gasteiger partial charge in [0.2, 0.25) is 0 Å². The lowest BCUT2D eigenvalue weighted by molar-refractivity contribution is 0.297. The third-order valence-electron chi connectivity index (χ3n) is 2.17. The Morgan fingerprint density at radius 3 is 2.38 bits per heavy atom. The molecule has 0 aromatic heterocycles. The fourth-order valence-electron chi connectivity index (χ4n) is 1.51. The van der Waals surface area contributed by atoms with Gasteiger partial charge in [-0.1, -0.05) is 24.6 Å². The van der Waals surface area contributed by atoms with Gasteiger partial charge in [0.25, 0.3) is 0 Å². The lowest BCUT2D eigenvalue weighted by Gasteiger charge is -2.09. The zero-order valence-corrected chi connectivity index (χ0v) is 8.17. The molecule has 2 N–H and O–H groups in total.